The zero-order chi connectivity index (χ0) is 15.8. The standard InChI is InChI=1S/C13H8F6N2/c1-20-11-5-7(13(17,18)19)4-10(21-11)6-2-8(14)12(16)9(15)3-6/h2-5H,1H3,(H,20,21). The average Bonchev–Trinajstić information content (AvgIpc) is 2.42. The van der Waals surface area contributed by atoms with Crippen LogP contribution in [0.15, 0.2) is 24.3 Å². The molecule has 8 heteroatoms. The van der Waals surface area contributed by atoms with Crippen molar-refractivity contribution in [3.05, 3.63) is 47.3 Å². The van der Waals surface area contributed by atoms with E-state index in [1.807, 2.05) is 0 Å². The van der Waals surface area contributed by atoms with Gasteiger partial charge in [0.1, 0.15) is 5.82 Å². The summed E-state index contributed by atoms with van der Waals surface area (Å²) in [5.41, 5.74) is -1.66. The fraction of sp³-hybridized carbons (Fsp3) is 0.154. The fourth-order valence-corrected chi connectivity index (χ4v) is 1.67. The molecule has 2 nitrogen and oxygen atoms in total. The molecule has 1 aromatic carbocycles. The van der Waals surface area contributed by atoms with E-state index in [1.165, 1.54) is 7.05 Å². The molecular weight excluding hydrogens is 298 g/mol. The van der Waals surface area contributed by atoms with Gasteiger partial charge >= 0.3 is 6.18 Å². The van der Waals surface area contributed by atoms with Crippen LogP contribution in [-0.4, -0.2) is 12.0 Å². The summed E-state index contributed by atoms with van der Waals surface area (Å²) in [5, 5.41) is 2.42. The van der Waals surface area contributed by atoms with Gasteiger partial charge in [0.25, 0.3) is 0 Å². The van der Waals surface area contributed by atoms with Gasteiger partial charge in [0.05, 0.1) is 11.3 Å². The lowest BCUT2D eigenvalue weighted by molar-refractivity contribution is -0.137. The number of hydrogen-bond donors (Lipinski definition) is 1. The van der Waals surface area contributed by atoms with Gasteiger partial charge in [-0.2, -0.15) is 13.2 Å². The zero-order valence-corrected chi connectivity index (χ0v) is 10.5. The summed E-state index contributed by atoms with van der Waals surface area (Å²) < 4.78 is 77.5. The van der Waals surface area contributed by atoms with Crippen molar-refractivity contribution in [1.29, 1.82) is 0 Å². The summed E-state index contributed by atoms with van der Waals surface area (Å²) in [6, 6.07) is 2.55. The van der Waals surface area contributed by atoms with Crippen LogP contribution in [-0.2, 0) is 6.18 Å². The van der Waals surface area contributed by atoms with Gasteiger partial charge in [-0.05, 0) is 24.3 Å². The third-order valence-electron chi connectivity index (χ3n) is 2.69. The van der Waals surface area contributed by atoms with E-state index in [0.717, 1.165) is 6.07 Å². The molecule has 0 atom stereocenters. The van der Waals surface area contributed by atoms with E-state index in [4.69, 9.17) is 0 Å². The van der Waals surface area contributed by atoms with Crippen LogP contribution in [0.1, 0.15) is 5.56 Å². The van der Waals surface area contributed by atoms with Crippen molar-refractivity contribution in [2.24, 2.45) is 0 Å². The molecule has 0 saturated carbocycles. The van der Waals surface area contributed by atoms with E-state index in [-0.39, 0.29) is 17.1 Å². The van der Waals surface area contributed by atoms with Gasteiger partial charge in [-0.1, -0.05) is 0 Å². The molecule has 2 aromatic rings. The molecule has 1 heterocycles. The second-order valence-corrected chi connectivity index (χ2v) is 4.13. The number of anilines is 1. The highest BCUT2D eigenvalue weighted by Crippen LogP contribution is 2.33. The number of pyridine rings is 1. The van der Waals surface area contributed by atoms with Gasteiger partial charge in [0.2, 0.25) is 0 Å². The molecule has 2 rings (SSSR count). The van der Waals surface area contributed by atoms with Crippen molar-refractivity contribution < 1.29 is 26.3 Å². The molecule has 21 heavy (non-hydrogen) atoms. The topological polar surface area (TPSA) is 24.9 Å². The Labute approximate surface area is 115 Å². The maximum atomic E-state index is 13.2. The lowest BCUT2D eigenvalue weighted by atomic mass is 10.1. The first kappa shape index (κ1) is 15.1. The molecule has 0 unspecified atom stereocenters. The van der Waals surface area contributed by atoms with Crippen LogP contribution in [0.25, 0.3) is 11.3 Å². The summed E-state index contributed by atoms with van der Waals surface area (Å²) >= 11 is 0. The summed E-state index contributed by atoms with van der Waals surface area (Å²) in [6.07, 6.45) is -4.65. The van der Waals surface area contributed by atoms with Crippen molar-refractivity contribution in [2.45, 2.75) is 6.18 Å². The van der Waals surface area contributed by atoms with E-state index < -0.39 is 29.2 Å². The van der Waals surface area contributed by atoms with Crippen molar-refractivity contribution in [3.8, 4) is 11.3 Å². The van der Waals surface area contributed by atoms with Crippen molar-refractivity contribution in [1.82, 2.24) is 4.98 Å². The fourth-order valence-electron chi connectivity index (χ4n) is 1.67. The van der Waals surface area contributed by atoms with Crippen molar-refractivity contribution >= 4 is 5.82 Å². The van der Waals surface area contributed by atoms with E-state index in [1.54, 1.807) is 0 Å². The summed E-state index contributed by atoms with van der Waals surface area (Å²) in [4.78, 5) is 3.78. The predicted molar refractivity (Wildman–Crippen MR) is 64.1 cm³/mol. The van der Waals surface area contributed by atoms with Gasteiger partial charge in [-0.3, -0.25) is 0 Å². The van der Waals surface area contributed by atoms with Gasteiger partial charge in [0.15, 0.2) is 17.5 Å². The molecule has 0 aliphatic rings. The number of rotatable bonds is 2. The van der Waals surface area contributed by atoms with Crippen LogP contribution >= 0.6 is 0 Å². The lowest BCUT2D eigenvalue weighted by Crippen LogP contribution is -2.07. The Bertz CT molecular complexity index is 658. The minimum absolute atomic E-state index is 0.134. The number of aromatic nitrogens is 1. The lowest BCUT2D eigenvalue weighted by Gasteiger charge is -2.11. The Morgan fingerprint density at radius 1 is 0.952 bits per heavy atom. The molecule has 0 aliphatic carbocycles. The molecule has 1 aromatic heterocycles. The molecule has 0 saturated heterocycles. The monoisotopic (exact) mass is 306 g/mol. The summed E-state index contributed by atoms with van der Waals surface area (Å²) in [6.45, 7) is 0. The smallest absolute Gasteiger partial charge is 0.373 e. The Morgan fingerprint density at radius 2 is 1.52 bits per heavy atom. The van der Waals surface area contributed by atoms with E-state index in [0.29, 0.717) is 18.2 Å². The first-order valence-electron chi connectivity index (χ1n) is 5.64. The quantitative estimate of drug-likeness (QED) is 0.663. The van der Waals surface area contributed by atoms with E-state index in [9.17, 15) is 26.3 Å². The van der Waals surface area contributed by atoms with Gasteiger partial charge in [-0.15, -0.1) is 0 Å². The third kappa shape index (κ3) is 3.09. The number of nitrogens with one attached hydrogen (secondary N) is 1. The number of nitrogens with zero attached hydrogens (tertiary/aromatic N) is 1. The molecule has 0 radical (unpaired) electrons. The third-order valence-corrected chi connectivity index (χ3v) is 2.69. The summed E-state index contributed by atoms with van der Waals surface area (Å²) in [7, 11) is 1.35. The van der Waals surface area contributed by atoms with E-state index in [2.05, 4.69) is 10.3 Å². The predicted octanol–water partition coefficient (Wildman–Crippen LogP) is 4.23. The molecule has 0 amide bonds. The highest BCUT2D eigenvalue weighted by atomic mass is 19.4. The summed E-state index contributed by atoms with van der Waals surface area (Å²) in [5.74, 6) is -4.84. The van der Waals surface area contributed by atoms with Crippen LogP contribution in [0.2, 0.25) is 0 Å². The second-order valence-electron chi connectivity index (χ2n) is 4.13. The van der Waals surface area contributed by atoms with Crippen LogP contribution in [0.3, 0.4) is 0 Å². The minimum Gasteiger partial charge on any atom is -0.373 e. The highest BCUT2D eigenvalue weighted by molar-refractivity contribution is 5.63. The maximum Gasteiger partial charge on any atom is 0.416 e. The van der Waals surface area contributed by atoms with Gasteiger partial charge in [-0.25, -0.2) is 18.2 Å². The molecule has 0 spiro atoms. The largest absolute Gasteiger partial charge is 0.416 e. The average molecular weight is 306 g/mol. The van der Waals surface area contributed by atoms with Crippen molar-refractivity contribution in [3.63, 3.8) is 0 Å². The van der Waals surface area contributed by atoms with E-state index >= 15 is 0 Å². The van der Waals surface area contributed by atoms with Crippen LogP contribution in [0.4, 0.5) is 32.2 Å². The molecule has 0 fully saturated rings. The molecule has 1 N–H and O–H groups in total. The molecule has 0 bridgehead atoms. The molecular formula is C13H8F6N2. The number of hydrogen-bond acceptors (Lipinski definition) is 2. The minimum atomic E-state index is -4.65. The Balaban J connectivity index is 2.63. The Kier molecular flexibility index (Phi) is 3.80. The van der Waals surface area contributed by atoms with Crippen LogP contribution in [0.5, 0.6) is 0 Å². The highest BCUT2D eigenvalue weighted by Gasteiger charge is 2.31. The zero-order valence-electron chi connectivity index (χ0n) is 10.5. The van der Waals surface area contributed by atoms with Crippen molar-refractivity contribution in [2.75, 3.05) is 12.4 Å². The first-order valence-corrected chi connectivity index (χ1v) is 5.64. The maximum absolute atomic E-state index is 13.2. The number of halogens is 6. The second kappa shape index (κ2) is 5.27. The molecule has 112 valence electrons. The Morgan fingerprint density at radius 3 is 2.00 bits per heavy atom. The Hall–Kier alpha value is -2.25. The normalized spacial score (nSPS) is 11.6. The number of alkyl halides is 3. The SMILES string of the molecule is CNc1cc(C(F)(F)F)cc(-c2cc(F)c(F)c(F)c2)n1. The number of benzene rings is 1. The van der Waals surface area contributed by atoms with Gasteiger partial charge < -0.3 is 5.32 Å². The van der Waals surface area contributed by atoms with Crippen LogP contribution < -0.4 is 5.32 Å². The molecule has 0 aliphatic heterocycles. The first-order chi connectivity index (χ1) is 9.72. The van der Waals surface area contributed by atoms with Gasteiger partial charge in [0, 0.05) is 12.6 Å². The van der Waals surface area contributed by atoms with Crippen LogP contribution in [0, 0.1) is 17.5 Å².